The molecule has 2 heterocycles. The summed E-state index contributed by atoms with van der Waals surface area (Å²) in [6.07, 6.45) is 0. The maximum Gasteiger partial charge on any atom is 0.294 e. The van der Waals surface area contributed by atoms with Crippen molar-refractivity contribution in [2.45, 2.75) is 5.92 Å². The van der Waals surface area contributed by atoms with Crippen LogP contribution in [0.4, 0.5) is 11.5 Å². The second-order valence-corrected chi connectivity index (χ2v) is 6.83. The first-order valence-electron chi connectivity index (χ1n) is 8.97. The minimum atomic E-state index is -0.173. The van der Waals surface area contributed by atoms with Crippen LogP contribution in [0.3, 0.4) is 0 Å². The summed E-state index contributed by atoms with van der Waals surface area (Å²) in [6.45, 7) is 0. The Labute approximate surface area is 161 Å². The molecule has 5 N–H and O–H groups in total. The van der Waals surface area contributed by atoms with Gasteiger partial charge >= 0.3 is 0 Å². The summed E-state index contributed by atoms with van der Waals surface area (Å²) < 4.78 is 6.28. The van der Waals surface area contributed by atoms with Crippen molar-refractivity contribution in [1.29, 1.82) is 5.26 Å². The molecule has 0 spiro atoms. The van der Waals surface area contributed by atoms with Gasteiger partial charge in [0.25, 0.3) is 11.7 Å². The smallest absolute Gasteiger partial charge is 0.294 e. The van der Waals surface area contributed by atoms with Crippen LogP contribution in [0.25, 0.3) is 10.8 Å². The molecular weight excluding hydrogens is 348 g/mol. The molecule has 1 atom stereocenters. The fraction of sp³-hybridized carbons (Fsp3) is 0.0435. The van der Waals surface area contributed by atoms with Gasteiger partial charge in [0.1, 0.15) is 11.8 Å². The van der Waals surface area contributed by atoms with E-state index in [1.807, 2.05) is 36.4 Å². The lowest BCUT2D eigenvalue weighted by molar-refractivity contribution is -0.375. The number of H-pyrrole nitrogens is 1. The van der Waals surface area contributed by atoms with Gasteiger partial charge in [0.05, 0.1) is 11.3 Å². The molecule has 0 radical (unpaired) electrons. The number of hydrogen-bond donors (Lipinski definition) is 2. The molecule has 0 amide bonds. The highest BCUT2D eigenvalue weighted by atomic mass is 16.5. The molecule has 1 aliphatic rings. The third-order valence-corrected chi connectivity index (χ3v) is 5.28. The maximum atomic E-state index is 9.52. The van der Waals surface area contributed by atoms with Crippen molar-refractivity contribution in [1.82, 2.24) is 0 Å². The number of nitriles is 1. The van der Waals surface area contributed by atoms with Crippen molar-refractivity contribution in [2.24, 2.45) is 0 Å². The number of benzene rings is 3. The zero-order chi connectivity index (χ0) is 19.3. The lowest BCUT2D eigenvalue weighted by Gasteiger charge is -2.29. The van der Waals surface area contributed by atoms with Gasteiger partial charge in [-0.05, 0) is 10.9 Å². The van der Waals surface area contributed by atoms with Gasteiger partial charge in [0.2, 0.25) is 0 Å². The first kappa shape index (κ1) is 16.2. The largest absolute Gasteiger partial charge is 0.422 e. The average molecular weight is 365 g/mol. The molecule has 0 unspecified atom stereocenters. The Morgan fingerprint density at radius 2 is 1.68 bits per heavy atom. The molecule has 1 aromatic heterocycles. The molecular formula is C23H17N4O+. The van der Waals surface area contributed by atoms with Crippen molar-refractivity contribution < 1.29 is 9.72 Å². The first-order chi connectivity index (χ1) is 13.7. The molecule has 0 aliphatic carbocycles. The van der Waals surface area contributed by atoms with Crippen LogP contribution in [0.2, 0.25) is 0 Å². The Morgan fingerprint density at radius 1 is 0.929 bits per heavy atom. The molecule has 28 heavy (non-hydrogen) atoms. The zero-order valence-electron chi connectivity index (χ0n) is 14.9. The van der Waals surface area contributed by atoms with Gasteiger partial charge in [-0.15, -0.1) is 0 Å². The molecule has 0 saturated carbocycles. The van der Waals surface area contributed by atoms with Crippen LogP contribution in [0, 0.1) is 11.3 Å². The summed E-state index contributed by atoms with van der Waals surface area (Å²) in [5.41, 5.74) is 15.8. The molecule has 4 aromatic rings. The molecule has 134 valence electrons. The summed E-state index contributed by atoms with van der Waals surface area (Å²) in [5, 5.41) is 11.6. The van der Waals surface area contributed by atoms with Crippen LogP contribution in [0.1, 0.15) is 28.2 Å². The van der Waals surface area contributed by atoms with Crippen molar-refractivity contribution in [3.63, 3.8) is 0 Å². The quantitative estimate of drug-likeness (QED) is 0.469. The molecule has 5 heteroatoms. The number of ether oxygens (including phenoxy) is 1. The van der Waals surface area contributed by atoms with Crippen LogP contribution in [0.15, 0.2) is 66.7 Å². The lowest BCUT2D eigenvalue weighted by atomic mass is 9.81. The number of fused-ring (bicyclic) bond motifs is 4. The number of pyridine rings is 1. The predicted octanol–water partition coefficient (Wildman–Crippen LogP) is 3.98. The van der Waals surface area contributed by atoms with E-state index in [2.05, 4.69) is 41.4 Å². The highest BCUT2D eigenvalue weighted by molar-refractivity contribution is 5.91. The summed E-state index contributed by atoms with van der Waals surface area (Å²) >= 11 is 0. The van der Waals surface area contributed by atoms with E-state index in [4.69, 9.17) is 16.2 Å². The summed E-state index contributed by atoms with van der Waals surface area (Å²) in [5.74, 6) is 1.29. The van der Waals surface area contributed by atoms with Crippen LogP contribution in [-0.4, -0.2) is 0 Å². The average Bonchev–Trinajstić information content (AvgIpc) is 2.73. The lowest BCUT2D eigenvalue weighted by Crippen LogP contribution is -2.25. The van der Waals surface area contributed by atoms with Crippen LogP contribution < -0.4 is 21.2 Å². The summed E-state index contributed by atoms with van der Waals surface area (Å²) in [6, 6.07) is 24.4. The number of nitrogen functional groups attached to an aromatic ring is 2. The summed E-state index contributed by atoms with van der Waals surface area (Å²) in [7, 11) is 0. The molecule has 5 nitrogen and oxygen atoms in total. The van der Waals surface area contributed by atoms with Gasteiger partial charge in [-0.25, -0.2) is 4.98 Å². The third-order valence-electron chi connectivity index (χ3n) is 5.28. The first-order valence-corrected chi connectivity index (χ1v) is 8.97. The van der Waals surface area contributed by atoms with E-state index in [0.29, 0.717) is 11.6 Å². The van der Waals surface area contributed by atoms with Crippen LogP contribution in [0.5, 0.6) is 11.6 Å². The number of nitrogens with two attached hydrogens (primary N) is 2. The van der Waals surface area contributed by atoms with Gasteiger partial charge in [-0.2, -0.15) is 5.26 Å². The topological polar surface area (TPSA) is 99.2 Å². The van der Waals surface area contributed by atoms with Gasteiger partial charge in [-0.1, -0.05) is 66.7 Å². The van der Waals surface area contributed by atoms with E-state index in [1.54, 1.807) is 0 Å². The molecule has 1 aliphatic heterocycles. The van der Waals surface area contributed by atoms with Crippen LogP contribution >= 0.6 is 0 Å². The predicted molar refractivity (Wildman–Crippen MR) is 108 cm³/mol. The number of rotatable bonds is 1. The van der Waals surface area contributed by atoms with E-state index >= 15 is 0 Å². The van der Waals surface area contributed by atoms with E-state index < -0.39 is 0 Å². The molecule has 0 saturated heterocycles. The maximum absolute atomic E-state index is 9.52. The number of aromatic nitrogens is 1. The molecule has 5 rings (SSSR count). The van der Waals surface area contributed by atoms with Crippen molar-refractivity contribution in [3.8, 4) is 17.7 Å². The van der Waals surface area contributed by atoms with Crippen LogP contribution in [-0.2, 0) is 0 Å². The molecule has 0 fully saturated rings. The number of nitrogens with one attached hydrogen (secondary N) is 1. The van der Waals surface area contributed by atoms with E-state index in [1.165, 1.54) is 0 Å². The second kappa shape index (κ2) is 6.00. The van der Waals surface area contributed by atoms with E-state index in [0.717, 1.165) is 33.2 Å². The number of nitrogens with zero attached hydrogens (tertiary/aromatic N) is 1. The van der Waals surface area contributed by atoms with Gasteiger partial charge in [0.15, 0.2) is 5.56 Å². The third kappa shape index (κ3) is 2.22. The highest BCUT2D eigenvalue weighted by Crippen LogP contribution is 2.50. The standard InChI is InChI=1S/C23H16N4O/c24-12-17-20(25)19-18(14-7-2-1-3-8-14)16-11-10-13-6-4-5-9-15(13)21(16)28-23(19)27-22(17)26/h1-11,18H,(H4,25,26,27)/p+1/t18-/m1/s1. The van der Waals surface area contributed by atoms with Crippen molar-refractivity contribution >= 4 is 22.3 Å². The molecule has 0 bridgehead atoms. The Morgan fingerprint density at radius 3 is 2.46 bits per heavy atom. The highest BCUT2D eigenvalue weighted by Gasteiger charge is 2.36. The number of anilines is 2. The molecule has 3 aromatic carbocycles. The van der Waals surface area contributed by atoms with Gasteiger partial charge in [-0.3, -0.25) is 5.73 Å². The second-order valence-electron chi connectivity index (χ2n) is 6.83. The normalized spacial score (nSPS) is 14.6. The van der Waals surface area contributed by atoms with Gasteiger partial charge in [0, 0.05) is 16.9 Å². The fourth-order valence-electron chi connectivity index (χ4n) is 3.99. The summed E-state index contributed by atoms with van der Waals surface area (Å²) in [4.78, 5) is 3.05. The fourth-order valence-corrected chi connectivity index (χ4v) is 3.99. The minimum absolute atomic E-state index is 0.173. The van der Waals surface area contributed by atoms with Crippen molar-refractivity contribution in [2.75, 3.05) is 11.5 Å². The Kier molecular flexibility index (Phi) is 3.46. The number of aromatic amines is 1. The monoisotopic (exact) mass is 365 g/mol. The van der Waals surface area contributed by atoms with Crippen molar-refractivity contribution in [3.05, 3.63) is 89.0 Å². The SMILES string of the molecule is N#Cc1c(N)[nH+]c2c(c1N)[C@H](c1ccccc1)c1ccc3ccccc3c1O2. The van der Waals surface area contributed by atoms with E-state index in [9.17, 15) is 5.26 Å². The van der Waals surface area contributed by atoms with E-state index in [-0.39, 0.29) is 17.3 Å². The Hall–Kier alpha value is -4.04. The Bertz CT molecular complexity index is 1280. The van der Waals surface area contributed by atoms with Gasteiger partial charge < -0.3 is 10.5 Å². The minimum Gasteiger partial charge on any atom is -0.422 e. The Balaban J connectivity index is 1.88. The number of hydrogen-bond acceptors (Lipinski definition) is 4. The zero-order valence-corrected chi connectivity index (χ0v) is 14.9.